The van der Waals surface area contributed by atoms with Crippen LogP contribution in [0.15, 0.2) is 18.2 Å². The molecule has 2 N–H and O–H groups in total. The molecule has 0 saturated heterocycles. The Bertz CT molecular complexity index is 395. The third-order valence-electron chi connectivity index (χ3n) is 2.33. The topological polar surface area (TPSA) is 52.6 Å². The smallest absolute Gasteiger partial charge is 0.323 e. The maximum absolute atomic E-state index is 13.5. The second-order valence-corrected chi connectivity index (χ2v) is 3.38. The summed E-state index contributed by atoms with van der Waals surface area (Å²) < 4.78 is 13.5. The van der Waals surface area contributed by atoms with Crippen LogP contribution >= 0.6 is 0 Å². The molecule has 80 valence electrons. The van der Waals surface area contributed by atoms with E-state index in [0.29, 0.717) is 24.5 Å². The first-order valence-corrected chi connectivity index (χ1v) is 4.67. The van der Waals surface area contributed by atoms with Gasteiger partial charge in [-0.2, -0.15) is 0 Å². The van der Waals surface area contributed by atoms with Gasteiger partial charge in [-0.15, -0.1) is 0 Å². The zero-order valence-electron chi connectivity index (χ0n) is 8.03. The van der Waals surface area contributed by atoms with Crippen LogP contribution in [0.1, 0.15) is 0 Å². The number of hydrogen-bond acceptors (Lipinski definition) is 3. The van der Waals surface area contributed by atoms with Gasteiger partial charge in [0.2, 0.25) is 0 Å². The number of hydrogen-bond donors (Lipinski definition) is 2. The van der Waals surface area contributed by atoms with E-state index in [1.165, 1.54) is 11.0 Å². The van der Waals surface area contributed by atoms with E-state index in [4.69, 9.17) is 5.11 Å². The molecule has 1 aliphatic heterocycles. The molecule has 0 unspecified atom stereocenters. The predicted octanol–water partition coefficient (Wildman–Crippen LogP) is 1.14. The number of nitrogens with one attached hydrogen (secondary N) is 1. The van der Waals surface area contributed by atoms with Gasteiger partial charge in [0.05, 0.1) is 11.4 Å². The molecule has 0 atom stereocenters. The number of rotatable bonds is 2. The van der Waals surface area contributed by atoms with Crippen LogP contribution in [0.4, 0.5) is 15.8 Å². The number of para-hydroxylation sites is 1. The lowest BCUT2D eigenvalue weighted by molar-refractivity contribution is -0.135. The second-order valence-electron chi connectivity index (χ2n) is 3.38. The van der Waals surface area contributed by atoms with Gasteiger partial charge in [-0.05, 0) is 12.1 Å². The average Bonchev–Trinajstić information content (AvgIpc) is 2.17. The number of aliphatic carboxylic acids is 1. The molecule has 1 aliphatic rings. The molecule has 1 heterocycles. The molecule has 5 heteroatoms. The molecule has 0 bridgehead atoms. The maximum Gasteiger partial charge on any atom is 0.323 e. The first-order chi connectivity index (χ1) is 7.18. The number of fused-ring (bicyclic) bond motifs is 1. The number of carboxylic acids is 1. The number of benzene rings is 1. The van der Waals surface area contributed by atoms with Crippen LogP contribution < -0.4 is 10.2 Å². The van der Waals surface area contributed by atoms with Crippen molar-refractivity contribution in [2.45, 2.75) is 0 Å². The Morgan fingerprint density at radius 2 is 2.40 bits per heavy atom. The molecular weight excluding hydrogens is 199 g/mol. The van der Waals surface area contributed by atoms with Crippen molar-refractivity contribution >= 4 is 17.3 Å². The molecule has 15 heavy (non-hydrogen) atoms. The van der Waals surface area contributed by atoms with Gasteiger partial charge in [0, 0.05) is 13.1 Å². The third kappa shape index (κ3) is 1.86. The van der Waals surface area contributed by atoms with Gasteiger partial charge >= 0.3 is 5.97 Å². The largest absolute Gasteiger partial charge is 0.480 e. The molecule has 0 saturated carbocycles. The highest BCUT2D eigenvalue weighted by Gasteiger charge is 2.21. The van der Waals surface area contributed by atoms with E-state index in [1.807, 2.05) is 0 Å². The quantitative estimate of drug-likeness (QED) is 0.768. The molecule has 0 aromatic heterocycles. The maximum atomic E-state index is 13.5. The normalized spacial score (nSPS) is 14.3. The van der Waals surface area contributed by atoms with Crippen molar-refractivity contribution in [2.75, 3.05) is 29.9 Å². The van der Waals surface area contributed by atoms with Crippen molar-refractivity contribution in [2.24, 2.45) is 0 Å². The lowest BCUT2D eigenvalue weighted by Gasteiger charge is -2.30. The van der Waals surface area contributed by atoms with E-state index in [2.05, 4.69) is 5.32 Å². The van der Waals surface area contributed by atoms with Gasteiger partial charge in [-0.25, -0.2) is 4.39 Å². The molecule has 0 fully saturated rings. The summed E-state index contributed by atoms with van der Waals surface area (Å²) in [5.41, 5.74) is 1.01. The van der Waals surface area contributed by atoms with Crippen LogP contribution in [0.25, 0.3) is 0 Å². The van der Waals surface area contributed by atoms with Gasteiger partial charge in [-0.3, -0.25) is 4.79 Å². The van der Waals surface area contributed by atoms with E-state index < -0.39 is 5.97 Å². The van der Waals surface area contributed by atoms with Crippen LogP contribution in [0.5, 0.6) is 0 Å². The Balaban J connectivity index is 2.36. The lowest BCUT2D eigenvalue weighted by Crippen LogP contribution is -2.38. The van der Waals surface area contributed by atoms with Crippen molar-refractivity contribution in [3.8, 4) is 0 Å². The van der Waals surface area contributed by atoms with Gasteiger partial charge in [0.15, 0.2) is 0 Å². The van der Waals surface area contributed by atoms with Gasteiger partial charge in [0.1, 0.15) is 12.4 Å². The number of carboxylic acid groups (broad SMARTS) is 1. The second kappa shape index (κ2) is 3.76. The Morgan fingerprint density at radius 1 is 1.60 bits per heavy atom. The highest BCUT2D eigenvalue weighted by molar-refractivity contribution is 5.79. The van der Waals surface area contributed by atoms with E-state index in [0.717, 1.165) is 0 Å². The minimum absolute atomic E-state index is 0.171. The molecule has 2 rings (SSSR count). The van der Waals surface area contributed by atoms with Crippen molar-refractivity contribution in [3.05, 3.63) is 24.0 Å². The molecule has 0 spiro atoms. The van der Waals surface area contributed by atoms with E-state index >= 15 is 0 Å². The molecule has 0 amide bonds. The Labute approximate surface area is 86.3 Å². The van der Waals surface area contributed by atoms with Crippen LogP contribution in [-0.2, 0) is 4.79 Å². The Kier molecular flexibility index (Phi) is 2.45. The number of halogens is 1. The monoisotopic (exact) mass is 210 g/mol. The van der Waals surface area contributed by atoms with Crippen molar-refractivity contribution < 1.29 is 14.3 Å². The highest BCUT2D eigenvalue weighted by atomic mass is 19.1. The fourth-order valence-electron chi connectivity index (χ4n) is 1.74. The van der Waals surface area contributed by atoms with Gasteiger partial charge in [0.25, 0.3) is 0 Å². The highest BCUT2D eigenvalue weighted by Crippen LogP contribution is 2.31. The number of carbonyl (C=O) groups is 1. The molecule has 1 aromatic rings. The molecular formula is C10H11FN2O2. The SMILES string of the molecule is O=C(O)CN1CCNc2cccc(F)c21. The molecule has 0 aliphatic carbocycles. The summed E-state index contributed by atoms with van der Waals surface area (Å²) in [5, 5.41) is 11.7. The summed E-state index contributed by atoms with van der Waals surface area (Å²) in [7, 11) is 0. The summed E-state index contributed by atoms with van der Waals surface area (Å²) >= 11 is 0. The van der Waals surface area contributed by atoms with Gasteiger partial charge < -0.3 is 15.3 Å². The van der Waals surface area contributed by atoms with Crippen molar-refractivity contribution in [1.82, 2.24) is 0 Å². The molecule has 1 aromatic carbocycles. The zero-order valence-corrected chi connectivity index (χ0v) is 8.03. The minimum atomic E-state index is -0.953. The van der Waals surface area contributed by atoms with E-state index in [-0.39, 0.29) is 12.4 Å². The summed E-state index contributed by atoms with van der Waals surface area (Å²) in [5.74, 6) is -1.34. The Hall–Kier alpha value is -1.78. The third-order valence-corrected chi connectivity index (χ3v) is 2.33. The fourth-order valence-corrected chi connectivity index (χ4v) is 1.74. The van der Waals surface area contributed by atoms with Crippen molar-refractivity contribution in [1.29, 1.82) is 0 Å². The summed E-state index contributed by atoms with van der Waals surface area (Å²) in [4.78, 5) is 12.1. The van der Waals surface area contributed by atoms with Crippen LogP contribution in [-0.4, -0.2) is 30.7 Å². The summed E-state index contributed by atoms with van der Waals surface area (Å²) in [6.07, 6.45) is 0. The van der Waals surface area contributed by atoms with Crippen LogP contribution in [0, 0.1) is 5.82 Å². The predicted molar refractivity (Wildman–Crippen MR) is 54.7 cm³/mol. The summed E-state index contributed by atoms with van der Waals surface area (Å²) in [6, 6.07) is 4.68. The first kappa shape index (κ1) is 9.76. The van der Waals surface area contributed by atoms with E-state index in [1.54, 1.807) is 12.1 Å². The van der Waals surface area contributed by atoms with Crippen LogP contribution in [0.3, 0.4) is 0 Å². The molecule has 4 nitrogen and oxygen atoms in total. The van der Waals surface area contributed by atoms with Gasteiger partial charge in [-0.1, -0.05) is 6.07 Å². The average molecular weight is 210 g/mol. The standard InChI is InChI=1S/C10H11FN2O2/c11-7-2-1-3-8-10(7)13(5-4-12-8)6-9(14)15/h1-3,12H,4-6H2,(H,14,15). The lowest BCUT2D eigenvalue weighted by atomic mass is 10.2. The minimum Gasteiger partial charge on any atom is -0.480 e. The zero-order chi connectivity index (χ0) is 10.8. The number of nitrogens with zero attached hydrogens (tertiary/aromatic N) is 1. The molecule has 0 radical (unpaired) electrons. The van der Waals surface area contributed by atoms with E-state index in [9.17, 15) is 9.18 Å². The fraction of sp³-hybridized carbons (Fsp3) is 0.300. The van der Waals surface area contributed by atoms with Crippen LogP contribution in [0.2, 0.25) is 0 Å². The number of anilines is 2. The summed E-state index contributed by atoms with van der Waals surface area (Å²) in [6.45, 7) is 0.958. The first-order valence-electron chi connectivity index (χ1n) is 4.67. The van der Waals surface area contributed by atoms with Crippen molar-refractivity contribution in [3.63, 3.8) is 0 Å². The Morgan fingerprint density at radius 3 is 3.13 bits per heavy atom.